The highest BCUT2D eigenvalue weighted by Crippen LogP contribution is 2.40. The lowest BCUT2D eigenvalue weighted by Crippen LogP contribution is -2.00. The molecular weight excluding hydrogens is 510 g/mol. The van der Waals surface area contributed by atoms with Crippen LogP contribution in [0.5, 0.6) is 0 Å². The third-order valence-corrected chi connectivity index (χ3v) is 8.57. The molecule has 0 saturated carbocycles. The Balaban J connectivity index is 1.39. The third kappa shape index (κ3) is 3.31. The maximum atomic E-state index is 5.20. The van der Waals surface area contributed by atoms with Crippen LogP contribution in [0.15, 0.2) is 152 Å². The lowest BCUT2D eigenvalue weighted by atomic mass is 10.0. The van der Waals surface area contributed by atoms with Crippen LogP contribution in [0.2, 0.25) is 0 Å². The van der Waals surface area contributed by atoms with Gasteiger partial charge in [-0.2, -0.15) is 0 Å². The van der Waals surface area contributed by atoms with E-state index >= 15 is 0 Å². The maximum absolute atomic E-state index is 5.20. The standard InChI is InChI=1S/C39H25N3/c1-3-11-26(12-4-1)35-25-40-39(33-17-8-7-15-30(33)35)42-36-18-10-9-16-31(36)32-20-19-27-24-37-28(23-34(27)38(32)42)21-22-41(37)29-13-5-2-6-14-29/h1-25H. The predicted octanol–water partition coefficient (Wildman–Crippen LogP) is 10.1. The maximum Gasteiger partial charge on any atom is 0.145 e. The van der Waals surface area contributed by atoms with Crippen LogP contribution in [-0.2, 0) is 0 Å². The van der Waals surface area contributed by atoms with Crippen LogP contribution in [0.25, 0.3) is 76.9 Å². The Labute approximate surface area is 242 Å². The average Bonchev–Trinajstić information content (AvgIpc) is 3.63. The van der Waals surface area contributed by atoms with E-state index in [1.807, 2.05) is 6.20 Å². The normalized spacial score (nSPS) is 11.8. The number of hydrogen-bond acceptors (Lipinski definition) is 1. The van der Waals surface area contributed by atoms with Crippen LogP contribution in [0.4, 0.5) is 0 Å². The van der Waals surface area contributed by atoms with E-state index < -0.39 is 0 Å². The largest absolute Gasteiger partial charge is 0.317 e. The molecule has 0 N–H and O–H groups in total. The van der Waals surface area contributed by atoms with Gasteiger partial charge in [-0.25, -0.2) is 4.98 Å². The SMILES string of the molecule is c1ccc(-c2cnc(-n3c4ccccc4c4ccc5cc6c(ccn6-c6ccccc6)cc5c43)c3ccccc23)cc1. The Hall–Kier alpha value is -5.67. The first-order valence-corrected chi connectivity index (χ1v) is 14.3. The van der Waals surface area contributed by atoms with Gasteiger partial charge in [-0.1, -0.05) is 103 Å². The van der Waals surface area contributed by atoms with Crippen LogP contribution < -0.4 is 0 Å². The second-order valence-corrected chi connectivity index (χ2v) is 10.9. The van der Waals surface area contributed by atoms with Gasteiger partial charge in [0.15, 0.2) is 0 Å². The molecule has 0 spiro atoms. The van der Waals surface area contributed by atoms with Gasteiger partial charge in [-0.05, 0) is 52.7 Å². The molecule has 0 aliphatic carbocycles. The summed E-state index contributed by atoms with van der Waals surface area (Å²) in [6, 6.07) is 49.9. The monoisotopic (exact) mass is 535 g/mol. The number of benzene rings is 6. The van der Waals surface area contributed by atoms with Crippen molar-refractivity contribution in [2.45, 2.75) is 0 Å². The molecule has 9 rings (SSSR count). The van der Waals surface area contributed by atoms with Crippen molar-refractivity contribution in [2.75, 3.05) is 0 Å². The topological polar surface area (TPSA) is 22.8 Å². The summed E-state index contributed by atoms with van der Waals surface area (Å²) in [6.45, 7) is 0. The molecule has 0 unspecified atom stereocenters. The van der Waals surface area contributed by atoms with E-state index in [0.29, 0.717) is 0 Å². The van der Waals surface area contributed by atoms with Crippen molar-refractivity contribution in [1.29, 1.82) is 0 Å². The van der Waals surface area contributed by atoms with Gasteiger partial charge in [-0.15, -0.1) is 0 Å². The molecule has 3 heteroatoms. The summed E-state index contributed by atoms with van der Waals surface area (Å²) in [5.41, 5.74) is 7.03. The zero-order chi connectivity index (χ0) is 27.6. The molecule has 0 bridgehead atoms. The lowest BCUT2D eigenvalue weighted by molar-refractivity contribution is 1.11. The van der Waals surface area contributed by atoms with Crippen molar-refractivity contribution >= 4 is 54.3 Å². The smallest absolute Gasteiger partial charge is 0.145 e. The molecule has 3 aromatic heterocycles. The first-order chi connectivity index (χ1) is 20.8. The number of pyridine rings is 1. The summed E-state index contributed by atoms with van der Waals surface area (Å²) < 4.78 is 4.65. The van der Waals surface area contributed by atoms with Crippen molar-refractivity contribution in [3.63, 3.8) is 0 Å². The van der Waals surface area contributed by atoms with Crippen molar-refractivity contribution in [2.24, 2.45) is 0 Å². The Kier molecular flexibility index (Phi) is 4.90. The van der Waals surface area contributed by atoms with Crippen LogP contribution in [0.3, 0.4) is 0 Å². The average molecular weight is 536 g/mol. The minimum Gasteiger partial charge on any atom is -0.317 e. The van der Waals surface area contributed by atoms with Crippen LogP contribution in [0.1, 0.15) is 0 Å². The van der Waals surface area contributed by atoms with Gasteiger partial charge in [-0.3, -0.25) is 4.57 Å². The summed E-state index contributed by atoms with van der Waals surface area (Å²) in [4.78, 5) is 5.20. The quantitative estimate of drug-likeness (QED) is 0.221. The minimum absolute atomic E-state index is 0.950. The molecule has 196 valence electrons. The van der Waals surface area contributed by atoms with E-state index in [1.165, 1.54) is 48.9 Å². The number of para-hydroxylation sites is 2. The van der Waals surface area contributed by atoms with E-state index in [2.05, 4.69) is 155 Å². The zero-order valence-electron chi connectivity index (χ0n) is 22.8. The van der Waals surface area contributed by atoms with Gasteiger partial charge in [0.1, 0.15) is 5.82 Å². The van der Waals surface area contributed by atoms with Crippen LogP contribution in [-0.4, -0.2) is 14.1 Å². The molecule has 0 aliphatic heterocycles. The van der Waals surface area contributed by atoms with Crippen molar-refractivity contribution < 1.29 is 0 Å². The summed E-state index contributed by atoms with van der Waals surface area (Å²) in [7, 11) is 0. The molecule has 0 aliphatic rings. The molecule has 6 aromatic carbocycles. The number of rotatable bonds is 3. The Morgan fingerprint density at radius 2 is 1.19 bits per heavy atom. The van der Waals surface area contributed by atoms with Gasteiger partial charge >= 0.3 is 0 Å². The van der Waals surface area contributed by atoms with Crippen molar-refractivity contribution in [3.8, 4) is 22.6 Å². The van der Waals surface area contributed by atoms with Gasteiger partial charge in [0, 0.05) is 50.6 Å². The summed E-state index contributed by atoms with van der Waals surface area (Å²) in [6.07, 6.45) is 4.21. The van der Waals surface area contributed by atoms with Gasteiger partial charge in [0.05, 0.1) is 16.6 Å². The van der Waals surface area contributed by atoms with E-state index in [1.54, 1.807) is 0 Å². The molecule has 9 aromatic rings. The Bertz CT molecular complexity index is 2450. The summed E-state index contributed by atoms with van der Waals surface area (Å²) >= 11 is 0. The van der Waals surface area contributed by atoms with E-state index in [4.69, 9.17) is 4.98 Å². The lowest BCUT2D eigenvalue weighted by Gasteiger charge is -2.15. The van der Waals surface area contributed by atoms with Gasteiger partial charge in [0.25, 0.3) is 0 Å². The zero-order valence-corrected chi connectivity index (χ0v) is 22.8. The van der Waals surface area contributed by atoms with Gasteiger partial charge in [0.2, 0.25) is 0 Å². The molecule has 0 amide bonds. The fraction of sp³-hybridized carbons (Fsp3) is 0. The Morgan fingerprint density at radius 1 is 0.476 bits per heavy atom. The predicted molar refractivity (Wildman–Crippen MR) is 176 cm³/mol. The van der Waals surface area contributed by atoms with E-state index in [9.17, 15) is 0 Å². The fourth-order valence-corrected chi connectivity index (χ4v) is 6.65. The Morgan fingerprint density at radius 3 is 2.02 bits per heavy atom. The molecule has 0 saturated heterocycles. The molecule has 3 nitrogen and oxygen atoms in total. The molecule has 0 atom stereocenters. The minimum atomic E-state index is 0.950. The van der Waals surface area contributed by atoms with Crippen LogP contribution in [0, 0.1) is 0 Å². The fourth-order valence-electron chi connectivity index (χ4n) is 6.65. The van der Waals surface area contributed by atoms with Gasteiger partial charge < -0.3 is 4.57 Å². The third-order valence-electron chi connectivity index (χ3n) is 8.57. The van der Waals surface area contributed by atoms with Crippen LogP contribution >= 0.6 is 0 Å². The molecule has 0 fully saturated rings. The number of hydrogen-bond donors (Lipinski definition) is 0. The van der Waals surface area contributed by atoms with Crippen molar-refractivity contribution in [1.82, 2.24) is 14.1 Å². The van der Waals surface area contributed by atoms with E-state index in [-0.39, 0.29) is 0 Å². The second-order valence-electron chi connectivity index (χ2n) is 10.9. The molecule has 0 radical (unpaired) electrons. The first-order valence-electron chi connectivity index (χ1n) is 14.3. The highest BCUT2D eigenvalue weighted by atomic mass is 15.1. The molecular formula is C39H25N3. The summed E-state index contributed by atoms with van der Waals surface area (Å²) in [5.74, 6) is 0.950. The highest BCUT2D eigenvalue weighted by Gasteiger charge is 2.19. The number of fused-ring (bicyclic) bond motifs is 7. The highest BCUT2D eigenvalue weighted by molar-refractivity contribution is 6.21. The van der Waals surface area contributed by atoms with E-state index in [0.717, 1.165) is 28.0 Å². The summed E-state index contributed by atoms with van der Waals surface area (Å²) in [5, 5.41) is 8.44. The first kappa shape index (κ1) is 23.1. The number of nitrogens with zero attached hydrogens (tertiary/aromatic N) is 3. The number of aromatic nitrogens is 3. The molecule has 3 heterocycles. The second kappa shape index (κ2) is 8.92. The van der Waals surface area contributed by atoms with Crippen molar-refractivity contribution in [3.05, 3.63) is 152 Å². The molecule has 42 heavy (non-hydrogen) atoms.